The maximum atomic E-state index is 3.76. The van der Waals surface area contributed by atoms with E-state index < -0.39 is 0 Å². The Kier molecular flexibility index (Phi) is 3.13. The molecule has 1 N–H and O–H groups in total. The summed E-state index contributed by atoms with van der Waals surface area (Å²) < 4.78 is 0. The summed E-state index contributed by atoms with van der Waals surface area (Å²) in [5, 5.41) is 3.39. The van der Waals surface area contributed by atoms with Gasteiger partial charge in [0.1, 0.15) is 0 Å². The van der Waals surface area contributed by atoms with E-state index in [1.807, 2.05) is 6.08 Å². The molecule has 0 radical (unpaired) electrons. The lowest BCUT2D eigenvalue weighted by molar-refractivity contribution is 0.213. The molecule has 1 heterocycles. The van der Waals surface area contributed by atoms with Gasteiger partial charge in [0.25, 0.3) is 0 Å². The fourth-order valence-electron chi connectivity index (χ4n) is 1.73. The number of rotatable bonds is 3. The highest BCUT2D eigenvalue weighted by Crippen LogP contribution is 2.32. The maximum Gasteiger partial charge on any atom is -0.00437 e. The van der Waals surface area contributed by atoms with Crippen LogP contribution in [0.4, 0.5) is 0 Å². The zero-order valence-electron chi connectivity index (χ0n) is 7.53. The number of nitrogens with one attached hydrogen (secondary N) is 1. The van der Waals surface area contributed by atoms with Gasteiger partial charge in [-0.25, -0.2) is 0 Å². The molecule has 1 aliphatic heterocycles. The maximum absolute atomic E-state index is 3.76. The average Bonchev–Trinajstić information content (AvgIpc) is 2.03. The molecule has 0 unspecified atom stereocenters. The Morgan fingerprint density at radius 1 is 1.45 bits per heavy atom. The topological polar surface area (TPSA) is 12.0 Å². The third-order valence-electron chi connectivity index (χ3n) is 2.76. The monoisotopic (exact) mass is 153 g/mol. The minimum atomic E-state index is 0.597. The summed E-state index contributed by atoms with van der Waals surface area (Å²) in [6.45, 7) is 8.56. The minimum Gasteiger partial charge on any atom is -0.317 e. The van der Waals surface area contributed by atoms with E-state index in [9.17, 15) is 0 Å². The third kappa shape index (κ3) is 2.66. The van der Waals surface area contributed by atoms with Crippen LogP contribution in [0.25, 0.3) is 0 Å². The molecule has 1 fully saturated rings. The van der Waals surface area contributed by atoms with E-state index in [1.54, 1.807) is 0 Å². The van der Waals surface area contributed by atoms with Crippen molar-refractivity contribution >= 4 is 0 Å². The van der Waals surface area contributed by atoms with Gasteiger partial charge in [0.2, 0.25) is 0 Å². The molecule has 1 aliphatic rings. The molecule has 0 aromatic rings. The standard InChI is InChI=1S/C10H19N/c1-3-4-5-10(2)6-8-11-9-7-10/h3,11H,1,4-9H2,2H3. The van der Waals surface area contributed by atoms with Gasteiger partial charge in [-0.1, -0.05) is 13.0 Å². The molecule has 64 valence electrons. The van der Waals surface area contributed by atoms with Crippen molar-refractivity contribution in [3.05, 3.63) is 12.7 Å². The van der Waals surface area contributed by atoms with Gasteiger partial charge in [-0.2, -0.15) is 0 Å². The smallest absolute Gasteiger partial charge is 0.00437 e. The lowest BCUT2D eigenvalue weighted by atomic mass is 9.77. The number of allylic oxidation sites excluding steroid dienone is 1. The van der Waals surface area contributed by atoms with Crippen LogP contribution in [0.15, 0.2) is 12.7 Å². The van der Waals surface area contributed by atoms with Gasteiger partial charge in [0.05, 0.1) is 0 Å². The molecule has 11 heavy (non-hydrogen) atoms. The van der Waals surface area contributed by atoms with Crippen LogP contribution in [-0.2, 0) is 0 Å². The van der Waals surface area contributed by atoms with Crippen molar-refractivity contribution in [2.75, 3.05) is 13.1 Å². The quantitative estimate of drug-likeness (QED) is 0.614. The summed E-state index contributed by atoms with van der Waals surface area (Å²) in [4.78, 5) is 0. The highest BCUT2D eigenvalue weighted by molar-refractivity contribution is 4.83. The molecule has 1 rings (SSSR count). The Balaban J connectivity index is 2.30. The van der Waals surface area contributed by atoms with E-state index in [-0.39, 0.29) is 0 Å². The van der Waals surface area contributed by atoms with Gasteiger partial charge in [0, 0.05) is 0 Å². The van der Waals surface area contributed by atoms with Crippen molar-refractivity contribution in [3.8, 4) is 0 Å². The van der Waals surface area contributed by atoms with E-state index in [2.05, 4.69) is 18.8 Å². The number of hydrogen-bond acceptors (Lipinski definition) is 1. The SMILES string of the molecule is C=CCCC1(C)CCNCC1. The molecular formula is C10H19N. The fourth-order valence-corrected chi connectivity index (χ4v) is 1.73. The lowest BCUT2D eigenvalue weighted by Crippen LogP contribution is -2.34. The average molecular weight is 153 g/mol. The van der Waals surface area contributed by atoms with Crippen LogP contribution in [0.5, 0.6) is 0 Å². The first-order valence-corrected chi connectivity index (χ1v) is 4.58. The van der Waals surface area contributed by atoms with Gasteiger partial charge < -0.3 is 5.32 Å². The summed E-state index contributed by atoms with van der Waals surface area (Å²) in [7, 11) is 0. The van der Waals surface area contributed by atoms with Crippen LogP contribution in [0.3, 0.4) is 0 Å². The zero-order valence-corrected chi connectivity index (χ0v) is 7.53. The van der Waals surface area contributed by atoms with Crippen LogP contribution in [0, 0.1) is 5.41 Å². The number of hydrogen-bond donors (Lipinski definition) is 1. The predicted octanol–water partition coefficient (Wildman–Crippen LogP) is 2.34. The second kappa shape index (κ2) is 3.91. The Labute approximate surface area is 69.9 Å². The molecule has 0 spiro atoms. The van der Waals surface area contributed by atoms with Crippen molar-refractivity contribution in [2.24, 2.45) is 5.41 Å². The van der Waals surface area contributed by atoms with Crippen LogP contribution >= 0.6 is 0 Å². The summed E-state index contributed by atoms with van der Waals surface area (Å²) in [6.07, 6.45) is 7.20. The van der Waals surface area contributed by atoms with Gasteiger partial charge in [-0.3, -0.25) is 0 Å². The van der Waals surface area contributed by atoms with Crippen LogP contribution in [0.1, 0.15) is 32.6 Å². The van der Waals surface area contributed by atoms with Crippen molar-refractivity contribution < 1.29 is 0 Å². The normalized spacial score (nSPS) is 23.0. The molecule has 1 nitrogen and oxygen atoms in total. The Morgan fingerprint density at radius 3 is 2.64 bits per heavy atom. The van der Waals surface area contributed by atoms with Crippen molar-refractivity contribution in [3.63, 3.8) is 0 Å². The number of piperidine rings is 1. The van der Waals surface area contributed by atoms with E-state index in [1.165, 1.54) is 38.8 Å². The first kappa shape index (κ1) is 8.79. The summed E-state index contributed by atoms with van der Waals surface area (Å²) >= 11 is 0. The molecule has 0 saturated carbocycles. The van der Waals surface area contributed by atoms with E-state index in [0.717, 1.165) is 0 Å². The Bertz CT molecular complexity index is 123. The summed E-state index contributed by atoms with van der Waals surface area (Å²) in [6, 6.07) is 0. The van der Waals surface area contributed by atoms with Gasteiger partial charge in [-0.05, 0) is 44.2 Å². The van der Waals surface area contributed by atoms with Gasteiger partial charge in [-0.15, -0.1) is 6.58 Å². The largest absolute Gasteiger partial charge is 0.317 e. The second-order valence-corrected chi connectivity index (χ2v) is 3.89. The van der Waals surface area contributed by atoms with Crippen molar-refractivity contribution in [1.82, 2.24) is 5.32 Å². The van der Waals surface area contributed by atoms with Crippen LogP contribution in [0.2, 0.25) is 0 Å². The first-order valence-electron chi connectivity index (χ1n) is 4.58. The molecule has 0 atom stereocenters. The highest BCUT2D eigenvalue weighted by atomic mass is 14.9. The summed E-state index contributed by atoms with van der Waals surface area (Å²) in [5.74, 6) is 0. The minimum absolute atomic E-state index is 0.597. The molecule has 0 aromatic heterocycles. The van der Waals surface area contributed by atoms with Gasteiger partial charge >= 0.3 is 0 Å². The first-order chi connectivity index (χ1) is 5.27. The van der Waals surface area contributed by atoms with Crippen molar-refractivity contribution in [2.45, 2.75) is 32.6 Å². The molecular weight excluding hydrogens is 134 g/mol. The Morgan fingerprint density at radius 2 is 2.09 bits per heavy atom. The molecule has 0 aliphatic carbocycles. The van der Waals surface area contributed by atoms with E-state index in [0.29, 0.717) is 5.41 Å². The van der Waals surface area contributed by atoms with E-state index in [4.69, 9.17) is 0 Å². The third-order valence-corrected chi connectivity index (χ3v) is 2.76. The molecule has 0 bridgehead atoms. The predicted molar refractivity (Wildman–Crippen MR) is 49.6 cm³/mol. The fraction of sp³-hybridized carbons (Fsp3) is 0.800. The lowest BCUT2D eigenvalue weighted by Gasteiger charge is -2.33. The van der Waals surface area contributed by atoms with Crippen LogP contribution < -0.4 is 5.32 Å². The van der Waals surface area contributed by atoms with E-state index >= 15 is 0 Å². The molecule has 1 saturated heterocycles. The Hall–Kier alpha value is -0.300. The molecule has 0 amide bonds. The van der Waals surface area contributed by atoms with Gasteiger partial charge in [0.15, 0.2) is 0 Å². The molecule has 1 heteroatoms. The van der Waals surface area contributed by atoms with Crippen molar-refractivity contribution in [1.29, 1.82) is 0 Å². The second-order valence-electron chi connectivity index (χ2n) is 3.89. The highest BCUT2D eigenvalue weighted by Gasteiger charge is 2.25. The zero-order chi connectivity index (χ0) is 8.16. The van der Waals surface area contributed by atoms with Crippen LogP contribution in [-0.4, -0.2) is 13.1 Å². The summed E-state index contributed by atoms with van der Waals surface area (Å²) in [5.41, 5.74) is 0.597. The molecule has 0 aromatic carbocycles.